The fourth-order valence-corrected chi connectivity index (χ4v) is 2.36. The van der Waals surface area contributed by atoms with Gasteiger partial charge in [0.25, 0.3) is 0 Å². The summed E-state index contributed by atoms with van der Waals surface area (Å²) in [7, 11) is 0. The highest BCUT2D eigenvalue weighted by molar-refractivity contribution is 9.10. The van der Waals surface area contributed by atoms with E-state index in [0.29, 0.717) is 17.4 Å². The molecule has 8 heteroatoms. The van der Waals surface area contributed by atoms with Gasteiger partial charge in [0.15, 0.2) is 11.5 Å². The van der Waals surface area contributed by atoms with Crippen LogP contribution in [0.5, 0.6) is 0 Å². The van der Waals surface area contributed by atoms with E-state index in [1.165, 1.54) is 0 Å². The molecule has 0 saturated heterocycles. The molecule has 0 aliphatic heterocycles. The van der Waals surface area contributed by atoms with Gasteiger partial charge in [0.05, 0.1) is 22.2 Å². The maximum atomic E-state index is 4.58. The minimum Gasteiger partial charge on any atom is -0.354 e. The third-order valence-corrected chi connectivity index (χ3v) is 4.35. The lowest BCUT2D eigenvalue weighted by Gasteiger charge is -2.08. The Hall–Kier alpha value is -1.96. The molecular formula is C13H16BrN7. The molecule has 0 bridgehead atoms. The van der Waals surface area contributed by atoms with E-state index in [1.54, 1.807) is 11.0 Å². The molecule has 3 rings (SSSR count). The maximum Gasteiger partial charge on any atom is 0.226 e. The molecule has 0 aromatic carbocycles. The number of aromatic amines is 1. The Morgan fingerprint density at radius 2 is 2.14 bits per heavy atom. The first-order chi connectivity index (χ1) is 10.1. The predicted octanol–water partition coefficient (Wildman–Crippen LogP) is 2.74. The Bertz CT molecular complexity index is 789. The molecule has 21 heavy (non-hydrogen) atoms. The summed E-state index contributed by atoms with van der Waals surface area (Å²) in [5, 5.41) is 7.73. The Morgan fingerprint density at radius 3 is 2.81 bits per heavy atom. The highest BCUT2D eigenvalue weighted by Crippen LogP contribution is 2.25. The topological polar surface area (TPSA) is 84.3 Å². The highest BCUT2D eigenvalue weighted by Gasteiger charge is 2.17. The van der Waals surface area contributed by atoms with Gasteiger partial charge in [-0.25, -0.2) is 9.67 Å². The van der Waals surface area contributed by atoms with Crippen LogP contribution in [0.3, 0.4) is 0 Å². The lowest BCUT2D eigenvalue weighted by molar-refractivity contribution is 0.807. The minimum absolute atomic E-state index is 0.565. The molecule has 0 saturated carbocycles. The molecule has 2 N–H and O–H groups in total. The van der Waals surface area contributed by atoms with E-state index < -0.39 is 0 Å². The van der Waals surface area contributed by atoms with E-state index in [0.717, 1.165) is 34.3 Å². The van der Waals surface area contributed by atoms with E-state index >= 15 is 0 Å². The molecule has 0 fully saturated rings. The number of H-pyrrole nitrogens is 1. The van der Waals surface area contributed by atoms with Crippen molar-refractivity contribution in [2.45, 2.75) is 27.2 Å². The molecule has 0 atom stereocenters. The van der Waals surface area contributed by atoms with Crippen LogP contribution in [-0.4, -0.2) is 36.3 Å². The quantitative estimate of drug-likeness (QED) is 0.756. The zero-order valence-electron chi connectivity index (χ0n) is 12.1. The average molecular weight is 350 g/mol. The van der Waals surface area contributed by atoms with Crippen molar-refractivity contribution in [2.24, 2.45) is 0 Å². The molecule has 3 aromatic rings. The van der Waals surface area contributed by atoms with Crippen LogP contribution in [0.2, 0.25) is 0 Å². The summed E-state index contributed by atoms with van der Waals surface area (Å²) in [6, 6.07) is 0. The molecule has 0 aliphatic rings. The lowest BCUT2D eigenvalue weighted by atomic mass is 10.4. The fourth-order valence-electron chi connectivity index (χ4n) is 2.12. The van der Waals surface area contributed by atoms with Crippen molar-refractivity contribution in [3.05, 3.63) is 22.2 Å². The van der Waals surface area contributed by atoms with Crippen LogP contribution in [0.1, 0.15) is 24.7 Å². The number of anilines is 1. The van der Waals surface area contributed by atoms with Crippen LogP contribution < -0.4 is 5.32 Å². The first kappa shape index (κ1) is 14.0. The molecule has 0 aliphatic carbocycles. The van der Waals surface area contributed by atoms with Gasteiger partial charge in [-0.2, -0.15) is 15.1 Å². The second kappa shape index (κ2) is 5.44. The molecule has 0 radical (unpaired) electrons. The molecule has 3 heterocycles. The number of hydrogen-bond acceptors (Lipinski definition) is 5. The summed E-state index contributed by atoms with van der Waals surface area (Å²) in [6.45, 7) is 6.86. The van der Waals surface area contributed by atoms with Gasteiger partial charge < -0.3 is 10.3 Å². The standard InChI is InChI=1S/C13H16BrN7/c1-4-5-15-13-18-11-10(16-6-17-11)12(19-13)21-8(3)9(14)7(2)20-21/h6H,4-5H2,1-3H3,(H2,15,16,17,18,19). The number of hydrogen-bond donors (Lipinski definition) is 2. The lowest BCUT2D eigenvalue weighted by Crippen LogP contribution is -2.09. The summed E-state index contributed by atoms with van der Waals surface area (Å²) in [5.41, 5.74) is 3.31. The number of rotatable bonds is 4. The van der Waals surface area contributed by atoms with Gasteiger partial charge in [-0.05, 0) is 36.2 Å². The third-order valence-electron chi connectivity index (χ3n) is 3.20. The van der Waals surface area contributed by atoms with Gasteiger partial charge >= 0.3 is 0 Å². The van der Waals surface area contributed by atoms with Gasteiger partial charge in [0.1, 0.15) is 5.52 Å². The van der Waals surface area contributed by atoms with Crippen LogP contribution in [0.25, 0.3) is 17.0 Å². The maximum absolute atomic E-state index is 4.58. The largest absolute Gasteiger partial charge is 0.354 e. The second-order valence-corrected chi connectivity index (χ2v) is 5.59. The molecule has 0 amide bonds. The van der Waals surface area contributed by atoms with E-state index in [9.17, 15) is 0 Å². The zero-order chi connectivity index (χ0) is 15.0. The zero-order valence-corrected chi connectivity index (χ0v) is 13.7. The van der Waals surface area contributed by atoms with Gasteiger partial charge in [-0.1, -0.05) is 6.92 Å². The first-order valence-electron chi connectivity index (χ1n) is 6.79. The van der Waals surface area contributed by atoms with Crippen LogP contribution in [-0.2, 0) is 0 Å². The minimum atomic E-state index is 0.565. The van der Waals surface area contributed by atoms with Crippen molar-refractivity contribution in [1.82, 2.24) is 29.7 Å². The Balaban J connectivity index is 2.19. The summed E-state index contributed by atoms with van der Waals surface area (Å²) in [4.78, 5) is 16.3. The Morgan fingerprint density at radius 1 is 1.33 bits per heavy atom. The van der Waals surface area contributed by atoms with Gasteiger partial charge in [0, 0.05) is 6.54 Å². The molecular weight excluding hydrogens is 334 g/mol. The van der Waals surface area contributed by atoms with Crippen molar-refractivity contribution >= 4 is 33.0 Å². The summed E-state index contributed by atoms with van der Waals surface area (Å²) in [5.74, 6) is 1.26. The van der Waals surface area contributed by atoms with Crippen molar-refractivity contribution in [3.8, 4) is 5.82 Å². The van der Waals surface area contributed by atoms with E-state index in [2.05, 4.69) is 53.2 Å². The number of aryl methyl sites for hydroxylation is 1. The highest BCUT2D eigenvalue weighted by atomic mass is 79.9. The number of nitrogens with one attached hydrogen (secondary N) is 2. The van der Waals surface area contributed by atoms with Gasteiger partial charge in [-0.15, -0.1) is 0 Å². The number of nitrogens with zero attached hydrogens (tertiary/aromatic N) is 5. The molecule has 7 nitrogen and oxygen atoms in total. The SMILES string of the molecule is CCCNc1nc(-n2nc(C)c(Br)c2C)c2[nH]cnc2n1. The van der Waals surface area contributed by atoms with E-state index in [-0.39, 0.29) is 0 Å². The Labute approximate surface area is 130 Å². The van der Waals surface area contributed by atoms with E-state index in [4.69, 9.17) is 0 Å². The summed E-state index contributed by atoms with van der Waals surface area (Å²) in [6.07, 6.45) is 2.62. The van der Waals surface area contributed by atoms with Crippen molar-refractivity contribution in [1.29, 1.82) is 0 Å². The van der Waals surface area contributed by atoms with Gasteiger partial charge in [-0.3, -0.25) is 0 Å². The van der Waals surface area contributed by atoms with Gasteiger partial charge in [0.2, 0.25) is 5.95 Å². The molecule has 3 aromatic heterocycles. The number of halogens is 1. The molecule has 0 unspecified atom stereocenters. The monoisotopic (exact) mass is 349 g/mol. The smallest absolute Gasteiger partial charge is 0.226 e. The predicted molar refractivity (Wildman–Crippen MR) is 84.8 cm³/mol. The molecule has 110 valence electrons. The fraction of sp³-hybridized carbons (Fsp3) is 0.385. The second-order valence-electron chi connectivity index (χ2n) is 4.80. The first-order valence-corrected chi connectivity index (χ1v) is 7.58. The van der Waals surface area contributed by atoms with Crippen LogP contribution >= 0.6 is 15.9 Å². The Kier molecular flexibility index (Phi) is 3.62. The van der Waals surface area contributed by atoms with Crippen LogP contribution in [0.15, 0.2) is 10.8 Å². The third kappa shape index (κ3) is 2.39. The van der Waals surface area contributed by atoms with Crippen LogP contribution in [0, 0.1) is 13.8 Å². The van der Waals surface area contributed by atoms with Crippen molar-refractivity contribution in [3.63, 3.8) is 0 Å². The molecule has 0 spiro atoms. The number of fused-ring (bicyclic) bond motifs is 1. The summed E-state index contributed by atoms with van der Waals surface area (Å²) < 4.78 is 2.79. The summed E-state index contributed by atoms with van der Waals surface area (Å²) >= 11 is 3.54. The van der Waals surface area contributed by atoms with Crippen molar-refractivity contribution in [2.75, 3.05) is 11.9 Å². The van der Waals surface area contributed by atoms with Crippen molar-refractivity contribution < 1.29 is 0 Å². The van der Waals surface area contributed by atoms with Crippen LogP contribution in [0.4, 0.5) is 5.95 Å². The average Bonchev–Trinajstić information content (AvgIpc) is 3.04. The van der Waals surface area contributed by atoms with E-state index in [1.807, 2.05) is 13.8 Å². The normalized spacial score (nSPS) is 11.2. The number of aromatic nitrogens is 6. The number of imidazole rings is 1.